The quantitative estimate of drug-likeness (QED) is 0.654. The first-order valence-corrected chi connectivity index (χ1v) is 11.2. The topological polar surface area (TPSA) is 71.9 Å². The molecule has 1 amide bonds. The van der Waals surface area contributed by atoms with E-state index in [1.807, 2.05) is 13.1 Å². The molecule has 1 aromatic heterocycles. The van der Waals surface area contributed by atoms with Crippen molar-refractivity contribution in [3.63, 3.8) is 0 Å². The fraction of sp³-hybridized carbons (Fsp3) is 0.500. The molecule has 32 heavy (non-hydrogen) atoms. The van der Waals surface area contributed by atoms with E-state index in [-0.39, 0.29) is 11.7 Å². The maximum atomic E-state index is 13.8. The zero-order chi connectivity index (χ0) is 23.1. The standard InChI is InChI=1S/C24H34FN5O2/c1-18(2)28(3)16-20(31)17-29-11-6-12-30(14-13-29)23-10-9-19(15-26-23)27-24(32)21-7-4-5-8-22(21)25/h4-5,7-10,15,18,20,31H,6,11-14,16-17H2,1-3H3,(H,27,32). The summed E-state index contributed by atoms with van der Waals surface area (Å²) in [6, 6.07) is 9.97. The monoisotopic (exact) mass is 443 g/mol. The van der Waals surface area contributed by atoms with Crippen LogP contribution in [0.15, 0.2) is 42.6 Å². The molecule has 3 rings (SSSR count). The highest BCUT2D eigenvalue weighted by molar-refractivity contribution is 6.04. The zero-order valence-electron chi connectivity index (χ0n) is 19.2. The Morgan fingerprint density at radius 2 is 1.97 bits per heavy atom. The normalized spacial score (nSPS) is 16.3. The van der Waals surface area contributed by atoms with Gasteiger partial charge in [-0.1, -0.05) is 12.1 Å². The third-order valence-corrected chi connectivity index (χ3v) is 5.89. The van der Waals surface area contributed by atoms with E-state index in [0.29, 0.717) is 24.8 Å². The van der Waals surface area contributed by atoms with Crippen molar-refractivity contribution in [2.75, 3.05) is 56.5 Å². The number of carbonyl (C=O) groups is 1. The lowest BCUT2D eigenvalue weighted by molar-refractivity contribution is 0.0754. The summed E-state index contributed by atoms with van der Waals surface area (Å²) in [5, 5.41) is 13.1. The van der Waals surface area contributed by atoms with Gasteiger partial charge in [0.25, 0.3) is 5.91 Å². The Morgan fingerprint density at radius 3 is 2.66 bits per heavy atom. The van der Waals surface area contributed by atoms with Crippen LogP contribution in [0.5, 0.6) is 0 Å². The van der Waals surface area contributed by atoms with Gasteiger partial charge < -0.3 is 20.2 Å². The second-order valence-corrected chi connectivity index (χ2v) is 8.67. The van der Waals surface area contributed by atoms with Crippen LogP contribution in [0, 0.1) is 5.82 Å². The van der Waals surface area contributed by atoms with Gasteiger partial charge in [0.2, 0.25) is 0 Å². The van der Waals surface area contributed by atoms with Gasteiger partial charge in [-0.05, 0) is 58.1 Å². The summed E-state index contributed by atoms with van der Waals surface area (Å²) in [5.41, 5.74) is 0.529. The van der Waals surface area contributed by atoms with E-state index in [9.17, 15) is 14.3 Å². The van der Waals surface area contributed by atoms with E-state index in [1.165, 1.54) is 12.1 Å². The Hall–Kier alpha value is -2.55. The molecule has 1 aliphatic heterocycles. The summed E-state index contributed by atoms with van der Waals surface area (Å²) in [4.78, 5) is 23.5. The fourth-order valence-electron chi connectivity index (χ4n) is 3.77. The zero-order valence-corrected chi connectivity index (χ0v) is 19.2. The van der Waals surface area contributed by atoms with Gasteiger partial charge in [0.15, 0.2) is 0 Å². The van der Waals surface area contributed by atoms with Gasteiger partial charge in [-0.15, -0.1) is 0 Å². The molecule has 2 N–H and O–H groups in total. The lowest BCUT2D eigenvalue weighted by atomic mass is 10.2. The number of aliphatic hydroxyl groups is 1. The lowest BCUT2D eigenvalue weighted by Crippen LogP contribution is -2.42. The highest BCUT2D eigenvalue weighted by Crippen LogP contribution is 2.18. The number of hydrogen-bond acceptors (Lipinski definition) is 6. The third kappa shape index (κ3) is 6.72. The van der Waals surface area contributed by atoms with Crippen LogP contribution in [0.1, 0.15) is 30.6 Å². The number of nitrogens with one attached hydrogen (secondary N) is 1. The highest BCUT2D eigenvalue weighted by atomic mass is 19.1. The van der Waals surface area contributed by atoms with Gasteiger partial charge in [-0.3, -0.25) is 9.69 Å². The van der Waals surface area contributed by atoms with E-state index in [2.05, 4.69) is 38.8 Å². The van der Waals surface area contributed by atoms with Crippen molar-refractivity contribution in [2.24, 2.45) is 0 Å². The van der Waals surface area contributed by atoms with Gasteiger partial charge in [0.1, 0.15) is 11.6 Å². The van der Waals surface area contributed by atoms with Crippen LogP contribution in [0.25, 0.3) is 0 Å². The minimum atomic E-state index is -0.551. The Labute approximate surface area is 189 Å². The number of pyridine rings is 1. The van der Waals surface area contributed by atoms with E-state index < -0.39 is 11.7 Å². The SMILES string of the molecule is CC(C)N(C)CC(O)CN1CCCN(c2ccc(NC(=O)c3ccccc3F)cn2)CC1. The van der Waals surface area contributed by atoms with E-state index >= 15 is 0 Å². The fourth-order valence-corrected chi connectivity index (χ4v) is 3.77. The first kappa shape index (κ1) is 24.1. The molecule has 174 valence electrons. The minimum Gasteiger partial charge on any atom is -0.390 e. The smallest absolute Gasteiger partial charge is 0.258 e. The van der Waals surface area contributed by atoms with Gasteiger partial charge in [0, 0.05) is 38.8 Å². The number of anilines is 2. The number of carbonyl (C=O) groups excluding carboxylic acids is 1. The number of aromatic nitrogens is 1. The van der Waals surface area contributed by atoms with Crippen LogP contribution in [0.4, 0.5) is 15.9 Å². The van der Waals surface area contributed by atoms with Gasteiger partial charge in [0.05, 0.1) is 23.6 Å². The van der Waals surface area contributed by atoms with E-state index in [4.69, 9.17) is 0 Å². The molecule has 2 aromatic rings. The second-order valence-electron chi connectivity index (χ2n) is 8.67. The maximum Gasteiger partial charge on any atom is 0.258 e. The van der Waals surface area contributed by atoms with Crippen LogP contribution < -0.4 is 10.2 Å². The first-order chi connectivity index (χ1) is 15.3. The number of hydrogen-bond donors (Lipinski definition) is 2. The molecule has 7 nitrogen and oxygen atoms in total. The molecule has 1 atom stereocenters. The molecule has 0 saturated carbocycles. The molecule has 0 radical (unpaired) electrons. The molecule has 2 heterocycles. The van der Waals surface area contributed by atoms with Crippen molar-refractivity contribution in [1.29, 1.82) is 0 Å². The number of benzene rings is 1. The lowest BCUT2D eigenvalue weighted by Gasteiger charge is -2.28. The number of nitrogens with zero attached hydrogens (tertiary/aromatic N) is 4. The van der Waals surface area contributed by atoms with Gasteiger partial charge in [-0.25, -0.2) is 9.37 Å². The Balaban J connectivity index is 1.52. The molecule has 8 heteroatoms. The highest BCUT2D eigenvalue weighted by Gasteiger charge is 2.20. The van der Waals surface area contributed by atoms with Crippen molar-refractivity contribution in [3.8, 4) is 0 Å². The number of amides is 1. The molecule has 1 aliphatic rings. The van der Waals surface area contributed by atoms with E-state index in [0.717, 1.165) is 38.4 Å². The van der Waals surface area contributed by atoms with Gasteiger partial charge >= 0.3 is 0 Å². The van der Waals surface area contributed by atoms with Crippen LogP contribution in [0.2, 0.25) is 0 Å². The third-order valence-electron chi connectivity index (χ3n) is 5.89. The van der Waals surface area contributed by atoms with Gasteiger partial charge in [-0.2, -0.15) is 0 Å². The number of likely N-dealkylation sites (N-methyl/N-ethyl adjacent to an activating group) is 1. The molecule has 0 bridgehead atoms. The summed E-state index contributed by atoms with van der Waals surface area (Å²) in [5.74, 6) is -0.203. The summed E-state index contributed by atoms with van der Waals surface area (Å²) in [6.45, 7) is 9.08. The van der Waals surface area contributed by atoms with Crippen molar-refractivity contribution < 1.29 is 14.3 Å². The average molecular weight is 444 g/mol. The van der Waals surface area contributed by atoms with Crippen molar-refractivity contribution >= 4 is 17.4 Å². The Bertz CT molecular complexity index is 877. The molecule has 1 saturated heterocycles. The largest absolute Gasteiger partial charge is 0.390 e. The summed E-state index contributed by atoms with van der Waals surface area (Å²) >= 11 is 0. The molecule has 0 spiro atoms. The second kappa shape index (κ2) is 11.4. The molecular weight excluding hydrogens is 409 g/mol. The van der Waals surface area contributed by atoms with Crippen molar-refractivity contribution in [2.45, 2.75) is 32.4 Å². The van der Waals surface area contributed by atoms with Crippen molar-refractivity contribution in [1.82, 2.24) is 14.8 Å². The van der Waals surface area contributed by atoms with E-state index in [1.54, 1.807) is 24.4 Å². The molecule has 1 aromatic carbocycles. The van der Waals surface area contributed by atoms with Crippen LogP contribution in [-0.2, 0) is 0 Å². The summed E-state index contributed by atoms with van der Waals surface area (Å²) in [7, 11) is 2.03. The first-order valence-electron chi connectivity index (χ1n) is 11.2. The van der Waals surface area contributed by atoms with Crippen molar-refractivity contribution in [3.05, 3.63) is 54.0 Å². The molecular formula is C24H34FN5O2. The maximum absolute atomic E-state index is 13.8. The minimum absolute atomic E-state index is 0.00552. The average Bonchev–Trinajstić information content (AvgIpc) is 3.00. The number of rotatable bonds is 8. The van der Waals surface area contributed by atoms with Crippen LogP contribution in [-0.4, -0.2) is 84.3 Å². The predicted molar refractivity (Wildman–Crippen MR) is 126 cm³/mol. The number of halogens is 1. The Morgan fingerprint density at radius 1 is 1.19 bits per heavy atom. The predicted octanol–water partition coefficient (Wildman–Crippen LogP) is 2.69. The molecule has 0 aliphatic carbocycles. The van der Waals surface area contributed by atoms with Crippen LogP contribution >= 0.6 is 0 Å². The summed E-state index contributed by atoms with van der Waals surface area (Å²) in [6.07, 6.45) is 2.21. The molecule has 1 unspecified atom stereocenters. The summed E-state index contributed by atoms with van der Waals surface area (Å²) < 4.78 is 13.8. The van der Waals surface area contributed by atoms with Crippen LogP contribution in [0.3, 0.4) is 0 Å². The number of β-amino-alcohol motifs (C(OH)–C–C–N with tert-alkyl or cyclic N) is 1. The number of aliphatic hydroxyl groups excluding tert-OH is 1. The Kier molecular flexibility index (Phi) is 8.55. The molecule has 1 fully saturated rings.